The second-order valence-corrected chi connectivity index (χ2v) is 7.44. The van der Waals surface area contributed by atoms with Gasteiger partial charge in [0.25, 0.3) is 10.7 Å². The number of piperidine rings is 1. The molecular weight excluding hydrogens is 358 g/mol. The van der Waals surface area contributed by atoms with E-state index in [-0.39, 0.29) is 11.9 Å². The van der Waals surface area contributed by atoms with Crippen molar-refractivity contribution in [3.8, 4) is 0 Å². The van der Waals surface area contributed by atoms with Crippen LogP contribution in [0.5, 0.6) is 0 Å². The number of fused-ring (bicyclic) bond motifs is 1. The van der Waals surface area contributed by atoms with Crippen molar-refractivity contribution >= 4 is 29.2 Å². The topological polar surface area (TPSA) is 50.4 Å². The van der Waals surface area contributed by atoms with E-state index in [4.69, 9.17) is 16.6 Å². The van der Waals surface area contributed by atoms with Gasteiger partial charge in [0.05, 0.1) is 12.2 Å². The molecule has 4 rings (SSSR count). The molecule has 1 aromatic heterocycles. The van der Waals surface area contributed by atoms with Gasteiger partial charge >= 0.3 is 0 Å². The second kappa shape index (κ2) is 7.66. The fourth-order valence-corrected chi connectivity index (χ4v) is 3.90. The standard InChI is InChI=1S/C21H23N3O2S/c1-15-6-2-3-7-17(15)20(25)22-16-10-12-23(13-11-16)14-24-18-8-4-5-9-19(18)26-21(24)27/h2-9,16H,10-14H2,1H3,(H,22,25). The van der Waals surface area contributed by atoms with Crippen molar-refractivity contribution in [2.45, 2.75) is 32.5 Å². The lowest BCUT2D eigenvalue weighted by Crippen LogP contribution is -2.45. The van der Waals surface area contributed by atoms with Gasteiger partial charge in [0.15, 0.2) is 5.58 Å². The third-order valence-corrected chi connectivity index (χ3v) is 5.53. The van der Waals surface area contributed by atoms with Gasteiger partial charge in [-0.05, 0) is 55.7 Å². The molecule has 140 valence electrons. The molecule has 0 radical (unpaired) electrons. The molecule has 1 fully saturated rings. The van der Waals surface area contributed by atoms with Crippen LogP contribution in [0.25, 0.3) is 11.1 Å². The molecule has 1 saturated heterocycles. The van der Waals surface area contributed by atoms with Crippen molar-refractivity contribution in [2.24, 2.45) is 0 Å². The number of aryl methyl sites for hydroxylation is 1. The van der Waals surface area contributed by atoms with Gasteiger partial charge in [-0.1, -0.05) is 30.3 Å². The first kappa shape index (κ1) is 17.9. The number of carbonyl (C=O) groups is 1. The Hall–Kier alpha value is -2.44. The number of likely N-dealkylation sites (tertiary alicyclic amines) is 1. The third-order valence-electron chi connectivity index (χ3n) is 5.23. The second-order valence-electron chi connectivity index (χ2n) is 7.09. The highest BCUT2D eigenvalue weighted by Crippen LogP contribution is 2.19. The third kappa shape index (κ3) is 3.82. The van der Waals surface area contributed by atoms with Gasteiger partial charge in [-0.15, -0.1) is 0 Å². The molecule has 27 heavy (non-hydrogen) atoms. The van der Waals surface area contributed by atoms with E-state index in [1.165, 1.54) is 0 Å². The molecule has 1 amide bonds. The van der Waals surface area contributed by atoms with Crippen LogP contribution in [-0.4, -0.2) is 34.5 Å². The van der Waals surface area contributed by atoms with E-state index in [0.29, 0.717) is 11.5 Å². The molecule has 5 nitrogen and oxygen atoms in total. The lowest BCUT2D eigenvalue weighted by molar-refractivity contribution is 0.0899. The summed E-state index contributed by atoms with van der Waals surface area (Å²) < 4.78 is 7.71. The van der Waals surface area contributed by atoms with E-state index in [1.807, 2.05) is 60.0 Å². The number of hydrogen-bond donors (Lipinski definition) is 1. The minimum Gasteiger partial charge on any atom is -0.429 e. The summed E-state index contributed by atoms with van der Waals surface area (Å²) in [4.78, 5) is 15.4. The Bertz CT molecular complexity index is 1020. The number of nitrogens with one attached hydrogen (secondary N) is 1. The molecule has 1 aliphatic rings. The number of carbonyl (C=O) groups excluding carboxylic acids is 1. The summed E-state index contributed by atoms with van der Waals surface area (Å²) in [6, 6.07) is 15.8. The Kier molecular flexibility index (Phi) is 5.09. The van der Waals surface area contributed by atoms with E-state index in [1.54, 1.807) is 0 Å². The summed E-state index contributed by atoms with van der Waals surface area (Å²) >= 11 is 5.38. The zero-order chi connectivity index (χ0) is 18.8. The summed E-state index contributed by atoms with van der Waals surface area (Å²) in [5.74, 6) is 0.0228. The van der Waals surface area contributed by atoms with Crippen LogP contribution in [0.2, 0.25) is 0 Å². The maximum absolute atomic E-state index is 12.5. The number of rotatable bonds is 4. The first-order chi connectivity index (χ1) is 13.1. The summed E-state index contributed by atoms with van der Waals surface area (Å²) in [6.07, 6.45) is 1.86. The fraction of sp³-hybridized carbons (Fsp3) is 0.333. The predicted octanol–water partition coefficient (Wildman–Crippen LogP) is 4.12. The molecule has 0 aliphatic carbocycles. The fourth-order valence-electron chi connectivity index (χ4n) is 3.66. The first-order valence-corrected chi connectivity index (χ1v) is 9.70. The maximum Gasteiger partial charge on any atom is 0.270 e. The number of aromatic nitrogens is 1. The molecule has 6 heteroatoms. The van der Waals surface area contributed by atoms with Crippen molar-refractivity contribution in [3.05, 3.63) is 64.5 Å². The molecule has 1 N–H and O–H groups in total. The quantitative estimate of drug-likeness (QED) is 0.691. The van der Waals surface area contributed by atoms with Gasteiger partial charge in [0.2, 0.25) is 0 Å². The zero-order valence-electron chi connectivity index (χ0n) is 15.4. The first-order valence-electron chi connectivity index (χ1n) is 9.29. The van der Waals surface area contributed by atoms with E-state index >= 15 is 0 Å². The molecule has 0 saturated carbocycles. The van der Waals surface area contributed by atoms with Gasteiger partial charge < -0.3 is 9.73 Å². The number of para-hydroxylation sites is 2. The van der Waals surface area contributed by atoms with Crippen LogP contribution in [0.3, 0.4) is 0 Å². The number of hydrogen-bond acceptors (Lipinski definition) is 4. The normalized spacial score (nSPS) is 15.9. The molecule has 0 atom stereocenters. The number of oxazole rings is 1. The summed E-state index contributed by atoms with van der Waals surface area (Å²) in [6.45, 7) is 4.52. The molecule has 2 heterocycles. The maximum atomic E-state index is 12.5. The molecule has 0 bridgehead atoms. The molecular formula is C21H23N3O2S. The van der Waals surface area contributed by atoms with Gasteiger partial charge in [-0.3, -0.25) is 14.3 Å². The van der Waals surface area contributed by atoms with Crippen LogP contribution in [0, 0.1) is 11.8 Å². The summed E-state index contributed by atoms with van der Waals surface area (Å²) in [7, 11) is 0. The highest BCUT2D eigenvalue weighted by molar-refractivity contribution is 7.71. The van der Waals surface area contributed by atoms with E-state index in [0.717, 1.165) is 48.2 Å². The zero-order valence-corrected chi connectivity index (χ0v) is 16.2. The van der Waals surface area contributed by atoms with Crippen molar-refractivity contribution in [2.75, 3.05) is 13.1 Å². The summed E-state index contributed by atoms with van der Waals surface area (Å²) in [5.41, 5.74) is 3.62. The number of benzene rings is 2. The Morgan fingerprint density at radius 3 is 2.63 bits per heavy atom. The largest absolute Gasteiger partial charge is 0.429 e. The van der Waals surface area contributed by atoms with E-state index < -0.39 is 0 Å². The highest BCUT2D eigenvalue weighted by Gasteiger charge is 2.22. The van der Waals surface area contributed by atoms with Gasteiger partial charge in [-0.2, -0.15) is 0 Å². The Morgan fingerprint density at radius 2 is 1.85 bits per heavy atom. The number of nitrogens with zero attached hydrogens (tertiary/aromatic N) is 2. The lowest BCUT2D eigenvalue weighted by Gasteiger charge is -2.32. The highest BCUT2D eigenvalue weighted by atomic mass is 32.1. The smallest absolute Gasteiger partial charge is 0.270 e. The van der Waals surface area contributed by atoms with Crippen molar-refractivity contribution in [3.63, 3.8) is 0 Å². The van der Waals surface area contributed by atoms with Crippen molar-refractivity contribution in [1.82, 2.24) is 14.8 Å². The average Bonchev–Trinajstić information content (AvgIpc) is 2.99. The van der Waals surface area contributed by atoms with Crippen LogP contribution in [0.1, 0.15) is 28.8 Å². The Balaban J connectivity index is 1.36. The van der Waals surface area contributed by atoms with Crippen molar-refractivity contribution in [1.29, 1.82) is 0 Å². The van der Waals surface area contributed by atoms with Crippen LogP contribution < -0.4 is 5.32 Å². The SMILES string of the molecule is Cc1ccccc1C(=O)NC1CCN(Cn2c(=S)oc3ccccc32)CC1. The van der Waals surface area contributed by atoms with Gasteiger partial charge in [-0.25, -0.2) is 0 Å². The van der Waals surface area contributed by atoms with Gasteiger partial charge in [0.1, 0.15) is 0 Å². The van der Waals surface area contributed by atoms with Crippen molar-refractivity contribution < 1.29 is 9.21 Å². The average molecular weight is 382 g/mol. The monoisotopic (exact) mass is 381 g/mol. The van der Waals surface area contributed by atoms with Crippen LogP contribution >= 0.6 is 12.2 Å². The molecule has 0 spiro atoms. The van der Waals surface area contributed by atoms with Crippen LogP contribution in [0.4, 0.5) is 0 Å². The van der Waals surface area contributed by atoms with E-state index in [2.05, 4.69) is 10.2 Å². The Morgan fingerprint density at radius 1 is 1.15 bits per heavy atom. The predicted molar refractivity (Wildman–Crippen MR) is 108 cm³/mol. The van der Waals surface area contributed by atoms with Gasteiger partial charge in [0, 0.05) is 24.7 Å². The van der Waals surface area contributed by atoms with E-state index in [9.17, 15) is 4.79 Å². The molecule has 1 aliphatic heterocycles. The minimum atomic E-state index is 0.0228. The lowest BCUT2D eigenvalue weighted by atomic mass is 10.0. The minimum absolute atomic E-state index is 0.0228. The van der Waals surface area contributed by atoms with Crippen LogP contribution in [0.15, 0.2) is 52.9 Å². The molecule has 0 unspecified atom stereocenters. The Labute approximate surface area is 163 Å². The molecule has 2 aromatic carbocycles. The molecule has 3 aromatic rings. The van der Waals surface area contributed by atoms with Crippen LogP contribution in [-0.2, 0) is 6.67 Å². The number of amides is 1. The summed E-state index contributed by atoms with van der Waals surface area (Å²) in [5, 5.41) is 3.18.